The Morgan fingerprint density at radius 1 is 0.857 bits per heavy atom. The molecule has 0 aliphatic carbocycles. The Morgan fingerprint density at radius 2 is 1.51 bits per heavy atom. The molecule has 10 nitrogen and oxygen atoms in total. The summed E-state index contributed by atoms with van der Waals surface area (Å²) in [6, 6.07) is 12.7. The van der Waals surface area contributed by atoms with Crippen LogP contribution in [-0.4, -0.2) is 61.1 Å². The summed E-state index contributed by atoms with van der Waals surface area (Å²) in [4.78, 5) is 47.1. The molecule has 35 heavy (non-hydrogen) atoms. The van der Waals surface area contributed by atoms with E-state index in [0.717, 1.165) is 16.3 Å². The van der Waals surface area contributed by atoms with Crippen LogP contribution in [-0.2, 0) is 49.5 Å². The van der Waals surface area contributed by atoms with E-state index in [4.69, 9.17) is 23.7 Å². The molecule has 1 heterocycles. The van der Waals surface area contributed by atoms with Gasteiger partial charge in [-0.1, -0.05) is 36.4 Å². The van der Waals surface area contributed by atoms with Crippen LogP contribution in [0.3, 0.4) is 0 Å². The smallest absolute Gasteiger partial charge is 0.303 e. The Kier molecular flexibility index (Phi) is 8.78. The zero-order chi connectivity index (χ0) is 25.5. The van der Waals surface area contributed by atoms with E-state index < -0.39 is 54.5 Å². The van der Waals surface area contributed by atoms with E-state index in [1.54, 1.807) is 0 Å². The minimum absolute atomic E-state index is 0.108. The number of ether oxygens (including phenoxy) is 5. The number of amides is 1. The van der Waals surface area contributed by atoms with Gasteiger partial charge in [0.05, 0.1) is 6.61 Å². The second-order valence-electron chi connectivity index (χ2n) is 8.21. The lowest BCUT2D eigenvalue weighted by Crippen LogP contribution is -2.66. The van der Waals surface area contributed by atoms with Gasteiger partial charge in [0, 0.05) is 27.7 Å². The molecular formula is C25H29NO9. The van der Waals surface area contributed by atoms with Crippen molar-refractivity contribution in [3.8, 4) is 0 Å². The summed E-state index contributed by atoms with van der Waals surface area (Å²) in [7, 11) is 0. The summed E-state index contributed by atoms with van der Waals surface area (Å²) in [5.74, 6) is -2.34. The maximum atomic E-state index is 12.0. The van der Waals surface area contributed by atoms with E-state index >= 15 is 0 Å². The average molecular weight is 488 g/mol. The van der Waals surface area contributed by atoms with Gasteiger partial charge in [0.25, 0.3) is 0 Å². The van der Waals surface area contributed by atoms with Crippen LogP contribution in [0.25, 0.3) is 10.8 Å². The standard InChI is InChI=1S/C25H29NO9/c1-14(27)26-22-24(34-17(4)30)23(33-16(3)29)21(13-31-15(2)28)35-25(22)32-12-18-9-10-19-7-5-6-8-20(19)11-18/h5-11,21-25H,12-13H2,1-4H3,(H,26,27). The van der Waals surface area contributed by atoms with Crippen molar-refractivity contribution in [2.24, 2.45) is 0 Å². The first kappa shape index (κ1) is 26.1. The first-order valence-electron chi connectivity index (χ1n) is 11.1. The van der Waals surface area contributed by atoms with Gasteiger partial charge in [0.1, 0.15) is 18.8 Å². The minimum Gasteiger partial charge on any atom is -0.463 e. The number of hydrogen-bond donors (Lipinski definition) is 1. The van der Waals surface area contributed by atoms with E-state index in [0.29, 0.717) is 0 Å². The predicted octanol–water partition coefficient (Wildman–Crippen LogP) is 2.01. The van der Waals surface area contributed by atoms with Crippen LogP contribution in [0.1, 0.15) is 33.3 Å². The molecule has 3 rings (SSSR count). The van der Waals surface area contributed by atoms with Gasteiger partial charge in [-0.15, -0.1) is 0 Å². The number of carbonyl (C=O) groups is 4. The highest BCUT2D eigenvalue weighted by Crippen LogP contribution is 2.29. The summed E-state index contributed by atoms with van der Waals surface area (Å²) in [6.45, 7) is 4.71. The molecule has 5 unspecified atom stereocenters. The fourth-order valence-corrected chi connectivity index (χ4v) is 3.94. The molecule has 188 valence electrons. The molecule has 5 atom stereocenters. The summed E-state index contributed by atoms with van der Waals surface area (Å²) < 4.78 is 28.0. The molecule has 1 aliphatic heterocycles. The summed E-state index contributed by atoms with van der Waals surface area (Å²) >= 11 is 0. The van der Waals surface area contributed by atoms with E-state index in [1.807, 2.05) is 42.5 Å². The molecule has 1 fully saturated rings. The van der Waals surface area contributed by atoms with Crippen LogP contribution in [0.15, 0.2) is 42.5 Å². The van der Waals surface area contributed by atoms with Gasteiger partial charge in [-0.3, -0.25) is 19.2 Å². The van der Waals surface area contributed by atoms with Gasteiger partial charge in [-0.25, -0.2) is 0 Å². The molecular weight excluding hydrogens is 458 g/mol. The van der Waals surface area contributed by atoms with Crippen molar-refractivity contribution in [3.63, 3.8) is 0 Å². The third-order valence-corrected chi connectivity index (χ3v) is 5.30. The van der Waals surface area contributed by atoms with E-state index in [9.17, 15) is 19.2 Å². The fraction of sp³-hybridized carbons (Fsp3) is 0.440. The van der Waals surface area contributed by atoms with Crippen molar-refractivity contribution < 1.29 is 42.9 Å². The Hall–Kier alpha value is -3.50. The molecule has 0 saturated carbocycles. The third kappa shape index (κ3) is 7.24. The Bertz CT molecular complexity index is 1090. The number of benzene rings is 2. The monoisotopic (exact) mass is 487 g/mol. The number of rotatable bonds is 8. The third-order valence-electron chi connectivity index (χ3n) is 5.30. The number of carbonyl (C=O) groups excluding carboxylic acids is 4. The van der Waals surface area contributed by atoms with Crippen LogP contribution in [0.4, 0.5) is 0 Å². The van der Waals surface area contributed by atoms with Crippen molar-refractivity contribution in [1.82, 2.24) is 5.32 Å². The van der Waals surface area contributed by atoms with Crippen molar-refractivity contribution in [2.45, 2.75) is 64.9 Å². The van der Waals surface area contributed by atoms with Crippen LogP contribution in [0.5, 0.6) is 0 Å². The van der Waals surface area contributed by atoms with Gasteiger partial charge in [0.2, 0.25) is 5.91 Å². The zero-order valence-corrected chi connectivity index (χ0v) is 20.0. The largest absolute Gasteiger partial charge is 0.463 e. The normalized spacial score (nSPS) is 23.8. The molecule has 0 bridgehead atoms. The molecule has 1 amide bonds. The first-order chi connectivity index (χ1) is 16.6. The Morgan fingerprint density at radius 3 is 2.14 bits per heavy atom. The quantitative estimate of drug-likeness (QED) is 0.439. The lowest BCUT2D eigenvalue weighted by atomic mass is 9.96. The molecule has 0 aromatic heterocycles. The van der Waals surface area contributed by atoms with Crippen molar-refractivity contribution >= 4 is 34.6 Å². The molecule has 1 N–H and O–H groups in total. The summed E-state index contributed by atoms with van der Waals surface area (Å²) in [5.41, 5.74) is 0.844. The fourth-order valence-electron chi connectivity index (χ4n) is 3.94. The molecule has 0 radical (unpaired) electrons. The highest BCUT2D eigenvalue weighted by atomic mass is 16.7. The lowest BCUT2D eigenvalue weighted by molar-refractivity contribution is -0.280. The van der Waals surface area contributed by atoms with Crippen molar-refractivity contribution in [2.75, 3.05) is 6.61 Å². The van der Waals surface area contributed by atoms with Gasteiger partial charge < -0.3 is 29.0 Å². The molecule has 0 spiro atoms. The SMILES string of the molecule is CC(=O)NC1C(OCc2ccc3ccccc3c2)OC(COC(C)=O)C(OC(C)=O)C1OC(C)=O. The average Bonchev–Trinajstić information content (AvgIpc) is 2.78. The maximum absolute atomic E-state index is 12.0. The molecule has 1 aliphatic rings. The van der Waals surface area contributed by atoms with Crippen molar-refractivity contribution in [1.29, 1.82) is 0 Å². The number of hydrogen-bond acceptors (Lipinski definition) is 9. The molecule has 10 heteroatoms. The summed E-state index contributed by atoms with van der Waals surface area (Å²) in [6.07, 6.45) is -4.44. The highest BCUT2D eigenvalue weighted by Gasteiger charge is 2.51. The van der Waals surface area contributed by atoms with Crippen LogP contribution < -0.4 is 5.32 Å². The Balaban J connectivity index is 1.90. The van der Waals surface area contributed by atoms with E-state index in [-0.39, 0.29) is 13.2 Å². The molecule has 1 saturated heterocycles. The van der Waals surface area contributed by atoms with Gasteiger partial charge in [-0.05, 0) is 22.4 Å². The molecule has 2 aromatic carbocycles. The second-order valence-corrected chi connectivity index (χ2v) is 8.21. The van der Waals surface area contributed by atoms with Gasteiger partial charge in [-0.2, -0.15) is 0 Å². The van der Waals surface area contributed by atoms with E-state index in [2.05, 4.69) is 5.32 Å². The van der Waals surface area contributed by atoms with E-state index in [1.165, 1.54) is 27.7 Å². The maximum Gasteiger partial charge on any atom is 0.303 e. The van der Waals surface area contributed by atoms with Crippen LogP contribution >= 0.6 is 0 Å². The lowest BCUT2D eigenvalue weighted by Gasteiger charge is -2.44. The number of esters is 3. The summed E-state index contributed by atoms with van der Waals surface area (Å²) in [5, 5.41) is 4.77. The Labute approximate surface area is 202 Å². The number of nitrogens with one attached hydrogen (secondary N) is 1. The van der Waals surface area contributed by atoms with Crippen molar-refractivity contribution in [3.05, 3.63) is 48.0 Å². The van der Waals surface area contributed by atoms with Crippen LogP contribution in [0.2, 0.25) is 0 Å². The molecule has 2 aromatic rings. The first-order valence-corrected chi connectivity index (χ1v) is 11.1. The number of fused-ring (bicyclic) bond motifs is 1. The second kappa shape index (κ2) is 11.8. The zero-order valence-electron chi connectivity index (χ0n) is 20.0. The topological polar surface area (TPSA) is 126 Å². The van der Waals surface area contributed by atoms with Gasteiger partial charge >= 0.3 is 17.9 Å². The van der Waals surface area contributed by atoms with Crippen LogP contribution in [0, 0.1) is 0 Å². The predicted molar refractivity (Wildman–Crippen MR) is 123 cm³/mol. The highest BCUT2D eigenvalue weighted by molar-refractivity contribution is 5.83. The van der Waals surface area contributed by atoms with Gasteiger partial charge in [0.15, 0.2) is 18.5 Å². The minimum atomic E-state index is -1.16.